The Hall–Kier alpha value is -3.54. The van der Waals surface area contributed by atoms with Gasteiger partial charge in [-0.3, -0.25) is 9.59 Å². The number of aliphatic hydroxyl groups is 1. The number of unbranched alkanes of at least 4 members (excludes halogenated alkanes) is 1. The van der Waals surface area contributed by atoms with Crippen molar-refractivity contribution in [2.24, 2.45) is 0 Å². The smallest absolute Gasteiger partial charge is 0.295 e. The summed E-state index contributed by atoms with van der Waals surface area (Å²) in [5.41, 5.74) is 2.99. The Morgan fingerprint density at radius 3 is 2.56 bits per heavy atom. The maximum absolute atomic E-state index is 13.3. The van der Waals surface area contributed by atoms with Crippen LogP contribution in [-0.4, -0.2) is 40.3 Å². The van der Waals surface area contributed by atoms with Gasteiger partial charge in [-0.05, 0) is 36.1 Å². The number of likely N-dealkylation sites (tertiary alicyclic amines) is 1. The molecule has 1 aromatic heterocycles. The number of benzene rings is 2. The number of methoxy groups -OCH3 is 1. The average molecular weight is 461 g/mol. The first-order valence-electron chi connectivity index (χ1n) is 11.7. The number of nitrogens with one attached hydrogen (secondary N) is 1. The van der Waals surface area contributed by atoms with Gasteiger partial charge in [-0.25, -0.2) is 0 Å². The van der Waals surface area contributed by atoms with Crippen LogP contribution in [0.25, 0.3) is 16.7 Å². The molecule has 1 aliphatic heterocycles. The van der Waals surface area contributed by atoms with Gasteiger partial charge in [0.1, 0.15) is 11.5 Å². The third kappa shape index (κ3) is 3.98. The molecule has 1 amide bonds. The molecule has 0 aliphatic carbocycles. The molecule has 0 bridgehead atoms. The lowest BCUT2D eigenvalue weighted by atomic mass is 9.84. The quantitative estimate of drug-likeness (QED) is 0.281. The number of amides is 1. The van der Waals surface area contributed by atoms with Gasteiger partial charge >= 0.3 is 0 Å². The number of rotatable bonds is 6. The number of Topliss-reactive ketones (excluding diaryl/α,β-unsaturated/α-hetero) is 1. The second-order valence-electron chi connectivity index (χ2n) is 9.80. The van der Waals surface area contributed by atoms with Gasteiger partial charge in [0, 0.05) is 40.3 Å². The van der Waals surface area contributed by atoms with Crippen molar-refractivity contribution in [2.45, 2.75) is 52.0 Å². The molecule has 6 heteroatoms. The van der Waals surface area contributed by atoms with Gasteiger partial charge in [0.15, 0.2) is 0 Å². The van der Waals surface area contributed by atoms with Crippen LogP contribution in [0, 0.1) is 0 Å². The van der Waals surface area contributed by atoms with E-state index in [-0.39, 0.29) is 16.7 Å². The molecule has 34 heavy (non-hydrogen) atoms. The van der Waals surface area contributed by atoms with E-state index in [1.807, 2.05) is 43.5 Å². The Balaban J connectivity index is 1.93. The predicted molar refractivity (Wildman–Crippen MR) is 134 cm³/mol. The lowest BCUT2D eigenvalue weighted by Crippen LogP contribution is -2.30. The van der Waals surface area contributed by atoms with Crippen LogP contribution in [0.5, 0.6) is 5.75 Å². The SMILES string of the molecule is CCCCN1C(=O)C(=O)/C(=C(/O)c2ccc(OC)c(C(C)(C)C)c2)C1c1c[nH]c2ccccc12. The second kappa shape index (κ2) is 9.01. The Morgan fingerprint density at radius 2 is 1.88 bits per heavy atom. The third-order valence-corrected chi connectivity index (χ3v) is 6.49. The Labute approximate surface area is 200 Å². The summed E-state index contributed by atoms with van der Waals surface area (Å²) >= 11 is 0. The monoisotopic (exact) mass is 460 g/mol. The molecule has 1 unspecified atom stereocenters. The van der Waals surface area contributed by atoms with E-state index in [0.29, 0.717) is 17.9 Å². The van der Waals surface area contributed by atoms with Crippen LogP contribution in [0.4, 0.5) is 0 Å². The van der Waals surface area contributed by atoms with Gasteiger partial charge in [-0.15, -0.1) is 0 Å². The van der Waals surface area contributed by atoms with Crippen molar-refractivity contribution in [1.29, 1.82) is 0 Å². The van der Waals surface area contributed by atoms with Gasteiger partial charge in [0.05, 0.1) is 18.7 Å². The summed E-state index contributed by atoms with van der Waals surface area (Å²) in [6, 6.07) is 12.5. The van der Waals surface area contributed by atoms with Gasteiger partial charge in [0.25, 0.3) is 11.7 Å². The summed E-state index contributed by atoms with van der Waals surface area (Å²) in [5.74, 6) is -0.687. The van der Waals surface area contributed by atoms with Crippen molar-refractivity contribution in [3.63, 3.8) is 0 Å². The first-order valence-corrected chi connectivity index (χ1v) is 11.7. The molecule has 6 nitrogen and oxygen atoms in total. The van der Waals surface area contributed by atoms with Gasteiger partial charge < -0.3 is 19.7 Å². The highest BCUT2D eigenvalue weighted by atomic mass is 16.5. The molecule has 3 aromatic rings. The Bertz CT molecular complexity index is 1280. The van der Waals surface area contributed by atoms with E-state index in [2.05, 4.69) is 25.8 Å². The molecule has 1 aliphatic rings. The summed E-state index contributed by atoms with van der Waals surface area (Å²) in [4.78, 5) is 31.3. The number of hydrogen-bond donors (Lipinski definition) is 2. The second-order valence-corrected chi connectivity index (χ2v) is 9.80. The number of carbonyl (C=O) groups is 2. The number of nitrogens with zero attached hydrogens (tertiary/aromatic N) is 1. The van der Waals surface area contributed by atoms with Crippen LogP contribution in [0.2, 0.25) is 0 Å². The summed E-state index contributed by atoms with van der Waals surface area (Å²) in [6.45, 7) is 8.67. The first kappa shape index (κ1) is 23.6. The van der Waals surface area contributed by atoms with E-state index >= 15 is 0 Å². The standard InChI is InChI=1S/C28H32N2O4/c1-6-7-14-30-24(19-16-29-21-11-9-8-10-18(19)21)23(26(32)27(30)33)25(31)17-12-13-22(34-5)20(15-17)28(2,3)4/h8-13,15-16,24,29,31H,6-7,14H2,1-5H3/b25-23+. The fourth-order valence-corrected chi connectivity index (χ4v) is 4.68. The third-order valence-electron chi connectivity index (χ3n) is 6.49. The van der Waals surface area contributed by atoms with Crippen LogP contribution < -0.4 is 4.74 Å². The zero-order valence-electron chi connectivity index (χ0n) is 20.4. The van der Waals surface area contributed by atoms with Crippen LogP contribution in [0.15, 0.2) is 54.2 Å². The maximum Gasteiger partial charge on any atom is 0.295 e. The lowest BCUT2D eigenvalue weighted by Gasteiger charge is -2.25. The summed E-state index contributed by atoms with van der Waals surface area (Å²) in [5, 5.41) is 12.4. The largest absolute Gasteiger partial charge is 0.507 e. The molecule has 1 atom stereocenters. The number of aromatic amines is 1. The molecule has 2 aromatic carbocycles. The van der Waals surface area contributed by atoms with Crippen molar-refractivity contribution < 1.29 is 19.4 Å². The van der Waals surface area contributed by atoms with Crippen molar-refractivity contribution >= 4 is 28.4 Å². The van der Waals surface area contributed by atoms with Crippen LogP contribution in [-0.2, 0) is 15.0 Å². The van der Waals surface area contributed by atoms with E-state index in [0.717, 1.165) is 34.9 Å². The summed E-state index contributed by atoms with van der Waals surface area (Å²) in [7, 11) is 1.61. The Morgan fingerprint density at radius 1 is 1.15 bits per heavy atom. The fourth-order valence-electron chi connectivity index (χ4n) is 4.68. The van der Waals surface area contributed by atoms with Crippen molar-refractivity contribution in [3.8, 4) is 5.75 Å². The minimum atomic E-state index is -0.664. The number of para-hydroxylation sites is 1. The number of ketones is 1. The number of ether oxygens (including phenoxy) is 1. The van der Waals surface area contributed by atoms with Gasteiger partial charge in [0.2, 0.25) is 0 Å². The number of fused-ring (bicyclic) bond motifs is 1. The topological polar surface area (TPSA) is 82.6 Å². The molecule has 1 saturated heterocycles. The highest BCUT2D eigenvalue weighted by Gasteiger charge is 2.46. The molecule has 0 spiro atoms. The number of aliphatic hydroxyl groups excluding tert-OH is 1. The molecule has 0 saturated carbocycles. The molecule has 4 rings (SSSR count). The zero-order valence-corrected chi connectivity index (χ0v) is 20.4. The molecule has 178 valence electrons. The molecule has 2 N–H and O–H groups in total. The predicted octanol–water partition coefficient (Wildman–Crippen LogP) is 5.70. The highest BCUT2D eigenvalue weighted by molar-refractivity contribution is 6.46. The van der Waals surface area contributed by atoms with Crippen molar-refractivity contribution in [2.75, 3.05) is 13.7 Å². The van der Waals surface area contributed by atoms with Gasteiger partial charge in [-0.1, -0.05) is 52.3 Å². The van der Waals surface area contributed by atoms with Crippen molar-refractivity contribution in [1.82, 2.24) is 9.88 Å². The molecule has 1 fully saturated rings. The summed E-state index contributed by atoms with van der Waals surface area (Å²) < 4.78 is 5.53. The first-order chi connectivity index (χ1) is 16.2. The number of aromatic nitrogens is 1. The molecule has 0 radical (unpaired) electrons. The van der Waals surface area contributed by atoms with Crippen LogP contribution in [0.3, 0.4) is 0 Å². The minimum absolute atomic E-state index is 0.121. The number of carbonyl (C=O) groups excluding carboxylic acids is 2. The molecular weight excluding hydrogens is 428 g/mol. The van der Waals surface area contributed by atoms with E-state index < -0.39 is 17.7 Å². The molecular formula is C28H32N2O4. The van der Waals surface area contributed by atoms with E-state index in [9.17, 15) is 14.7 Å². The van der Waals surface area contributed by atoms with E-state index in [4.69, 9.17) is 4.74 Å². The highest BCUT2D eigenvalue weighted by Crippen LogP contribution is 2.43. The molecule has 2 heterocycles. The van der Waals surface area contributed by atoms with E-state index in [1.54, 1.807) is 24.1 Å². The number of H-pyrrole nitrogens is 1. The van der Waals surface area contributed by atoms with Gasteiger partial charge in [-0.2, -0.15) is 0 Å². The lowest BCUT2D eigenvalue weighted by molar-refractivity contribution is -0.139. The summed E-state index contributed by atoms with van der Waals surface area (Å²) in [6.07, 6.45) is 3.49. The van der Waals surface area contributed by atoms with E-state index in [1.165, 1.54) is 0 Å². The maximum atomic E-state index is 13.3. The normalized spacial score (nSPS) is 18.1. The number of hydrogen-bond acceptors (Lipinski definition) is 4. The Kier molecular flexibility index (Phi) is 6.26. The van der Waals surface area contributed by atoms with Crippen molar-refractivity contribution in [3.05, 3.63) is 70.9 Å². The average Bonchev–Trinajstić information content (AvgIpc) is 3.35. The minimum Gasteiger partial charge on any atom is -0.507 e. The van der Waals surface area contributed by atoms with Crippen LogP contribution >= 0.6 is 0 Å². The van der Waals surface area contributed by atoms with Crippen LogP contribution in [0.1, 0.15) is 63.3 Å². The zero-order chi connectivity index (χ0) is 24.6. The fraction of sp³-hybridized carbons (Fsp3) is 0.357.